The Hall–Kier alpha value is -2.44. The van der Waals surface area contributed by atoms with Gasteiger partial charge in [-0.25, -0.2) is 0 Å². The van der Waals surface area contributed by atoms with Gasteiger partial charge in [-0.2, -0.15) is 0 Å². The molecule has 0 radical (unpaired) electrons. The predicted octanol–water partition coefficient (Wildman–Crippen LogP) is 1.02. The van der Waals surface area contributed by atoms with Crippen molar-refractivity contribution in [2.75, 3.05) is 29.9 Å². The van der Waals surface area contributed by atoms with Gasteiger partial charge in [0.2, 0.25) is 17.7 Å². The van der Waals surface area contributed by atoms with Crippen molar-refractivity contribution in [2.24, 2.45) is 5.41 Å². The maximum atomic E-state index is 12.8. The third-order valence-corrected chi connectivity index (χ3v) is 4.31. The first-order valence-electron chi connectivity index (χ1n) is 7.72. The lowest BCUT2D eigenvalue weighted by Gasteiger charge is -2.29. The van der Waals surface area contributed by atoms with Crippen molar-refractivity contribution in [1.29, 1.82) is 0 Å². The van der Waals surface area contributed by atoms with Crippen LogP contribution in [-0.4, -0.2) is 47.2 Å². The number of carbonyl (C=O) groups is 3. The van der Waals surface area contributed by atoms with Crippen molar-refractivity contribution < 1.29 is 14.4 Å². The number of carbonyl (C=O) groups excluding carboxylic acids is 3. The SMILES string of the molecule is CC1(C)CN(C(=O)CN2CCCC2=O)c2cnccc2NC1=O. The van der Waals surface area contributed by atoms with Crippen LogP contribution in [0.2, 0.25) is 0 Å². The molecule has 3 amide bonds. The van der Waals surface area contributed by atoms with Gasteiger partial charge in [0, 0.05) is 25.7 Å². The molecule has 2 aliphatic heterocycles. The largest absolute Gasteiger partial charge is 0.333 e. The zero-order valence-electron chi connectivity index (χ0n) is 13.3. The Morgan fingerprint density at radius 2 is 2.17 bits per heavy atom. The van der Waals surface area contributed by atoms with Gasteiger partial charge in [0.05, 0.1) is 23.0 Å². The second kappa shape index (κ2) is 5.64. The third-order valence-electron chi connectivity index (χ3n) is 4.31. The average Bonchev–Trinajstić information content (AvgIpc) is 2.86. The molecule has 2 aliphatic rings. The van der Waals surface area contributed by atoms with E-state index in [1.807, 2.05) is 0 Å². The molecular formula is C16H20N4O3. The Bertz CT molecular complexity index is 671. The molecule has 0 bridgehead atoms. The molecule has 1 N–H and O–H groups in total. The molecule has 0 unspecified atom stereocenters. The quantitative estimate of drug-likeness (QED) is 0.883. The Morgan fingerprint density at radius 3 is 2.87 bits per heavy atom. The van der Waals surface area contributed by atoms with Crippen molar-refractivity contribution in [2.45, 2.75) is 26.7 Å². The molecule has 0 saturated carbocycles. The minimum atomic E-state index is -0.732. The number of likely N-dealkylation sites (tertiary alicyclic amines) is 1. The molecule has 23 heavy (non-hydrogen) atoms. The molecule has 122 valence electrons. The summed E-state index contributed by atoms with van der Waals surface area (Å²) in [6.07, 6.45) is 4.43. The summed E-state index contributed by atoms with van der Waals surface area (Å²) in [6.45, 7) is 4.49. The third kappa shape index (κ3) is 2.91. The first kappa shape index (κ1) is 15.5. The second-order valence-electron chi connectivity index (χ2n) is 6.63. The molecule has 1 saturated heterocycles. The molecule has 0 atom stereocenters. The number of nitrogens with one attached hydrogen (secondary N) is 1. The van der Waals surface area contributed by atoms with Crippen molar-refractivity contribution in [3.8, 4) is 0 Å². The number of fused-ring (bicyclic) bond motifs is 1. The maximum absolute atomic E-state index is 12.8. The summed E-state index contributed by atoms with van der Waals surface area (Å²) < 4.78 is 0. The average molecular weight is 316 g/mol. The zero-order valence-corrected chi connectivity index (χ0v) is 13.3. The Labute approximate surface area is 134 Å². The molecular weight excluding hydrogens is 296 g/mol. The molecule has 3 rings (SSSR count). The molecule has 1 aromatic rings. The number of anilines is 2. The molecule has 1 aromatic heterocycles. The summed E-state index contributed by atoms with van der Waals surface area (Å²) in [7, 11) is 0. The number of nitrogens with zero attached hydrogens (tertiary/aromatic N) is 3. The standard InChI is InChI=1S/C16H20N4O3/c1-16(2)10-20(14(22)9-19-7-3-4-13(19)21)12-8-17-6-5-11(12)18-15(16)23/h5-6,8H,3-4,7,9-10H2,1-2H3,(H,18,23). The Kier molecular flexibility index (Phi) is 3.79. The summed E-state index contributed by atoms with van der Waals surface area (Å²) in [5, 5.41) is 2.85. The van der Waals surface area contributed by atoms with E-state index in [0.29, 0.717) is 24.3 Å². The monoisotopic (exact) mass is 316 g/mol. The van der Waals surface area contributed by atoms with E-state index in [2.05, 4.69) is 10.3 Å². The van der Waals surface area contributed by atoms with Crippen LogP contribution in [0.5, 0.6) is 0 Å². The van der Waals surface area contributed by atoms with Gasteiger partial charge in [0.15, 0.2) is 0 Å². The van der Waals surface area contributed by atoms with Crippen LogP contribution in [-0.2, 0) is 14.4 Å². The molecule has 1 fully saturated rings. The fourth-order valence-corrected chi connectivity index (χ4v) is 2.89. The maximum Gasteiger partial charge on any atom is 0.246 e. The van der Waals surface area contributed by atoms with Crippen LogP contribution in [0.25, 0.3) is 0 Å². The number of hydrogen-bond donors (Lipinski definition) is 1. The van der Waals surface area contributed by atoms with Gasteiger partial charge in [-0.1, -0.05) is 0 Å². The van der Waals surface area contributed by atoms with E-state index in [-0.39, 0.29) is 30.8 Å². The van der Waals surface area contributed by atoms with E-state index < -0.39 is 5.41 Å². The lowest BCUT2D eigenvalue weighted by atomic mass is 9.92. The van der Waals surface area contributed by atoms with E-state index in [1.54, 1.807) is 42.1 Å². The minimum absolute atomic E-state index is 0.00745. The molecule has 7 heteroatoms. The molecule has 0 aliphatic carbocycles. The van der Waals surface area contributed by atoms with E-state index >= 15 is 0 Å². The van der Waals surface area contributed by atoms with Crippen LogP contribution in [0.15, 0.2) is 18.5 Å². The highest BCUT2D eigenvalue weighted by Crippen LogP contribution is 2.33. The second-order valence-corrected chi connectivity index (χ2v) is 6.63. The summed E-state index contributed by atoms with van der Waals surface area (Å²) >= 11 is 0. The summed E-state index contributed by atoms with van der Waals surface area (Å²) in [4.78, 5) is 44.1. The van der Waals surface area contributed by atoms with Gasteiger partial charge in [-0.15, -0.1) is 0 Å². The van der Waals surface area contributed by atoms with Crippen LogP contribution < -0.4 is 10.2 Å². The number of aromatic nitrogens is 1. The fourth-order valence-electron chi connectivity index (χ4n) is 2.89. The van der Waals surface area contributed by atoms with E-state index in [0.717, 1.165) is 6.42 Å². The van der Waals surface area contributed by atoms with Gasteiger partial charge in [0.1, 0.15) is 6.54 Å². The normalized spacial score (nSPS) is 20.1. The molecule has 0 aromatic carbocycles. The van der Waals surface area contributed by atoms with Crippen LogP contribution in [0.4, 0.5) is 11.4 Å². The summed E-state index contributed by atoms with van der Waals surface area (Å²) in [5.41, 5.74) is 0.406. The number of amides is 3. The van der Waals surface area contributed by atoms with Gasteiger partial charge >= 0.3 is 0 Å². The minimum Gasteiger partial charge on any atom is -0.333 e. The van der Waals surface area contributed by atoms with Crippen LogP contribution in [0.3, 0.4) is 0 Å². The molecule has 3 heterocycles. The van der Waals surface area contributed by atoms with Gasteiger partial charge < -0.3 is 15.1 Å². The van der Waals surface area contributed by atoms with Gasteiger partial charge in [-0.05, 0) is 26.3 Å². The van der Waals surface area contributed by atoms with Crippen LogP contribution in [0.1, 0.15) is 26.7 Å². The number of hydrogen-bond acceptors (Lipinski definition) is 4. The Morgan fingerprint density at radius 1 is 1.39 bits per heavy atom. The van der Waals surface area contributed by atoms with Crippen LogP contribution in [0, 0.1) is 5.41 Å². The summed E-state index contributed by atoms with van der Waals surface area (Å²) in [6, 6.07) is 1.68. The van der Waals surface area contributed by atoms with Gasteiger partial charge in [0.25, 0.3) is 0 Å². The number of pyridine rings is 1. The van der Waals surface area contributed by atoms with Crippen molar-refractivity contribution >= 4 is 29.1 Å². The van der Waals surface area contributed by atoms with Gasteiger partial charge in [-0.3, -0.25) is 19.4 Å². The smallest absolute Gasteiger partial charge is 0.246 e. The lowest BCUT2D eigenvalue weighted by Crippen LogP contribution is -2.46. The highest BCUT2D eigenvalue weighted by Gasteiger charge is 2.37. The molecule has 0 spiro atoms. The first-order chi connectivity index (χ1) is 10.9. The highest BCUT2D eigenvalue weighted by atomic mass is 16.2. The molecule has 7 nitrogen and oxygen atoms in total. The van der Waals surface area contributed by atoms with Crippen LogP contribution >= 0.6 is 0 Å². The predicted molar refractivity (Wildman–Crippen MR) is 84.8 cm³/mol. The van der Waals surface area contributed by atoms with Crippen molar-refractivity contribution in [1.82, 2.24) is 9.88 Å². The lowest BCUT2D eigenvalue weighted by molar-refractivity contribution is -0.132. The van der Waals surface area contributed by atoms with Crippen molar-refractivity contribution in [3.63, 3.8) is 0 Å². The van der Waals surface area contributed by atoms with E-state index in [1.165, 1.54) is 0 Å². The first-order valence-corrected chi connectivity index (χ1v) is 7.72. The van der Waals surface area contributed by atoms with E-state index in [4.69, 9.17) is 0 Å². The van der Waals surface area contributed by atoms with Crippen molar-refractivity contribution in [3.05, 3.63) is 18.5 Å². The zero-order chi connectivity index (χ0) is 16.6. The fraction of sp³-hybridized carbons (Fsp3) is 0.500. The summed E-state index contributed by atoms with van der Waals surface area (Å²) in [5.74, 6) is -0.329. The number of rotatable bonds is 2. The topological polar surface area (TPSA) is 82.6 Å². The highest BCUT2D eigenvalue weighted by molar-refractivity contribution is 6.06. The van der Waals surface area contributed by atoms with E-state index in [9.17, 15) is 14.4 Å². The Balaban J connectivity index is 1.90.